The van der Waals surface area contributed by atoms with E-state index in [4.69, 9.17) is 4.74 Å². The average molecular weight is 324 g/mol. The summed E-state index contributed by atoms with van der Waals surface area (Å²) in [6.45, 7) is 5.33. The molecule has 0 radical (unpaired) electrons. The summed E-state index contributed by atoms with van der Waals surface area (Å²) < 4.78 is 5.46. The third-order valence-electron chi connectivity index (χ3n) is 3.35. The van der Waals surface area contributed by atoms with E-state index in [1.807, 2.05) is 18.2 Å². The lowest BCUT2D eigenvalue weighted by molar-refractivity contribution is 0.101. The van der Waals surface area contributed by atoms with Crippen LogP contribution in [-0.2, 0) is 0 Å². The zero-order valence-corrected chi connectivity index (χ0v) is 13.8. The molecular formula is C19H20N2O3. The number of anilines is 2. The van der Waals surface area contributed by atoms with Crippen LogP contribution in [0.15, 0.2) is 55.1 Å². The van der Waals surface area contributed by atoms with Crippen molar-refractivity contribution in [2.75, 3.05) is 24.3 Å². The van der Waals surface area contributed by atoms with Gasteiger partial charge < -0.3 is 15.4 Å². The number of ether oxygens (including phenoxy) is 1. The van der Waals surface area contributed by atoms with Gasteiger partial charge in [0.05, 0.1) is 0 Å². The van der Waals surface area contributed by atoms with Crippen molar-refractivity contribution in [3.8, 4) is 5.75 Å². The first-order valence-corrected chi connectivity index (χ1v) is 7.52. The molecule has 2 aromatic carbocycles. The topological polar surface area (TPSA) is 67.4 Å². The van der Waals surface area contributed by atoms with Crippen molar-refractivity contribution in [2.45, 2.75) is 6.92 Å². The third kappa shape index (κ3) is 4.46. The van der Waals surface area contributed by atoms with Crippen LogP contribution in [0.1, 0.15) is 27.6 Å². The molecule has 0 heterocycles. The molecule has 0 saturated carbocycles. The molecule has 2 rings (SSSR count). The second-order valence-corrected chi connectivity index (χ2v) is 5.19. The van der Waals surface area contributed by atoms with Crippen LogP contribution in [0, 0.1) is 0 Å². The summed E-state index contributed by atoms with van der Waals surface area (Å²) in [4.78, 5) is 24.2. The Morgan fingerprint density at radius 3 is 2.50 bits per heavy atom. The Bertz CT molecular complexity index is 769. The molecule has 1 amide bonds. The lowest BCUT2D eigenvalue weighted by Gasteiger charge is -2.10. The number of hydrogen-bond acceptors (Lipinski definition) is 4. The Morgan fingerprint density at radius 1 is 1.12 bits per heavy atom. The molecule has 0 aliphatic carbocycles. The number of ketones is 1. The van der Waals surface area contributed by atoms with Crippen molar-refractivity contribution in [3.63, 3.8) is 0 Å². The molecule has 2 aromatic rings. The highest BCUT2D eigenvalue weighted by atomic mass is 16.5. The highest BCUT2D eigenvalue weighted by Gasteiger charge is 2.12. The number of rotatable bonds is 7. The molecule has 0 atom stereocenters. The summed E-state index contributed by atoms with van der Waals surface area (Å²) in [7, 11) is 1.81. The van der Waals surface area contributed by atoms with Crippen molar-refractivity contribution in [1.82, 2.24) is 0 Å². The normalized spacial score (nSPS) is 9.92. The predicted molar refractivity (Wildman–Crippen MR) is 96.1 cm³/mol. The zero-order valence-electron chi connectivity index (χ0n) is 13.8. The molecule has 2 N–H and O–H groups in total. The van der Waals surface area contributed by atoms with Crippen molar-refractivity contribution in [3.05, 3.63) is 66.2 Å². The number of amides is 1. The smallest absolute Gasteiger partial charge is 0.255 e. The molecule has 0 fully saturated rings. The zero-order chi connectivity index (χ0) is 17.5. The molecule has 0 saturated heterocycles. The molecule has 0 aliphatic heterocycles. The Morgan fingerprint density at radius 2 is 1.83 bits per heavy atom. The largest absolute Gasteiger partial charge is 0.490 e. The van der Waals surface area contributed by atoms with Crippen molar-refractivity contribution in [1.29, 1.82) is 0 Å². The quantitative estimate of drug-likeness (QED) is 0.601. The van der Waals surface area contributed by atoms with Gasteiger partial charge in [-0.3, -0.25) is 9.59 Å². The Kier molecular flexibility index (Phi) is 5.73. The minimum atomic E-state index is -0.310. The molecule has 24 heavy (non-hydrogen) atoms. The maximum Gasteiger partial charge on any atom is 0.255 e. The monoisotopic (exact) mass is 324 g/mol. The summed E-state index contributed by atoms with van der Waals surface area (Å²) in [5.74, 6) is 0.0109. The summed E-state index contributed by atoms with van der Waals surface area (Å²) in [5.41, 5.74) is 2.33. The van der Waals surface area contributed by atoms with Gasteiger partial charge in [0.25, 0.3) is 5.91 Å². The van der Waals surface area contributed by atoms with Crippen LogP contribution in [0.2, 0.25) is 0 Å². The van der Waals surface area contributed by atoms with E-state index < -0.39 is 0 Å². The van der Waals surface area contributed by atoms with Gasteiger partial charge in [0.1, 0.15) is 12.4 Å². The van der Waals surface area contributed by atoms with E-state index in [9.17, 15) is 9.59 Å². The maximum atomic E-state index is 12.5. The lowest BCUT2D eigenvalue weighted by Crippen LogP contribution is -2.13. The summed E-state index contributed by atoms with van der Waals surface area (Å²) >= 11 is 0. The number of carbonyl (C=O) groups is 2. The van der Waals surface area contributed by atoms with Crippen molar-refractivity contribution >= 4 is 23.1 Å². The average Bonchev–Trinajstić information content (AvgIpc) is 2.59. The highest BCUT2D eigenvalue weighted by Crippen LogP contribution is 2.20. The summed E-state index contributed by atoms with van der Waals surface area (Å²) in [5, 5.41) is 5.83. The fourth-order valence-corrected chi connectivity index (χ4v) is 2.13. The van der Waals surface area contributed by atoms with E-state index in [0.29, 0.717) is 29.2 Å². The standard InChI is InChI=1S/C19H20N2O3/c1-4-8-24-18-10-14(13(2)22)9-15(11-18)19(23)21-17-7-5-6-16(12-17)20-3/h4-7,9-12,20H,1,8H2,2-3H3,(H,21,23). The molecule has 0 bridgehead atoms. The highest BCUT2D eigenvalue weighted by molar-refractivity contribution is 6.06. The van der Waals surface area contributed by atoms with Crippen molar-refractivity contribution < 1.29 is 14.3 Å². The minimum absolute atomic E-state index is 0.134. The van der Waals surface area contributed by atoms with Crippen LogP contribution in [0.3, 0.4) is 0 Å². The van der Waals surface area contributed by atoms with E-state index in [2.05, 4.69) is 17.2 Å². The summed E-state index contributed by atoms with van der Waals surface area (Å²) in [6, 6.07) is 12.1. The van der Waals surface area contributed by atoms with Gasteiger partial charge in [-0.2, -0.15) is 0 Å². The number of Topliss-reactive ketones (excluding diaryl/α,β-unsaturated/α-hetero) is 1. The van der Waals surface area contributed by atoms with E-state index in [-0.39, 0.29) is 11.7 Å². The first-order valence-electron chi connectivity index (χ1n) is 7.52. The van der Waals surface area contributed by atoms with E-state index in [1.165, 1.54) is 6.92 Å². The predicted octanol–water partition coefficient (Wildman–Crippen LogP) is 3.75. The number of nitrogens with one attached hydrogen (secondary N) is 2. The second kappa shape index (κ2) is 7.97. The van der Waals surface area contributed by atoms with E-state index in [1.54, 1.807) is 37.4 Å². The Balaban J connectivity index is 2.27. The summed E-state index contributed by atoms with van der Waals surface area (Å²) in [6.07, 6.45) is 1.60. The SMILES string of the molecule is C=CCOc1cc(C(C)=O)cc(C(=O)Nc2cccc(NC)c2)c1. The number of benzene rings is 2. The molecule has 5 nitrogen and oxygen atoms in total. The van der Waals surface area contributed by atoms with Gasteiger partial charge in [-0.05, 0) is 43.3 Å². The van der Waals surface area contributed by atoms with Crippen LogP contribution < -0.4 is 15.4 Å². The number of carbonyl (C=O) groups excluding carboxylic acids is 2. The van der Waals surface area contributed by atoms with Crippen LogP contribution in [-0.4, -0.2) is 25.3 Å². The van der Waals surface area contributed by atoms with Crippen LogP contribution in [0.25, 0.3) is 0 Å². The molecule has 124 valence electrons. The van der Waals surface area contributed by atoms with Gasteiger partial charge in [-0.25, -0.2) is 0 Å². The van der Waals surface area contributed by atoms with E-state index in [0.717, 1.165) is 5.69 Å². The van der Waals surface area contributed by atoms with Crippen molar-refractivity contribution in [2.24, 2.45) is 0 Å². The first kappa shape index (κ1) is 17.3. The van der Waals surface area contributed by atoms with Crippen LogP contribution in [0.5, 0.6) is 5.75 Å². The molecule has 0 spiro atoms. The molecule has 0 aliphatic rings. The molecule has 0 aromatic heterocycles. The van der Waals surface area contributed by atoms with Gasteiger partial charge in [0.15, 0.2) is 5.78 Å². The third-order valence-corrected chi connectivity index (χ3v) is 3.35. The molecular weight excluding hydrogens is 304 g/mol. The molecule has 0 unspecified atom stereocenters. The maximum absolute atomic E-state index is 12.5. The van der Waals surface area contributed by atoms with Gasteiger partial charge in [-0.15, -0.1) is 0 Å². The lowest BCUT2D eigenvalue weighted by atomic mass is 10.1. The van der Waals surface area contributed by atoms with Gasteiger partial charge >= 0.3 is 0 Å². The van der Waals surface area contributed by atoms with Gasteiger partial charge in [0.2, 0.25) is 0 Å². The minimum Gasteiger partial charge on any atom is -0.490 e. The molecule has 5 heteroatoms. The van der Waals surface area contributed by atoms with E-state index >= 15 is 0 Å². The van der Waals surface area contributed by atoms with Crippen LogP contribution in [0.4, 0.5) is 11.4 Å². The second-order valence-electron chi connectivity index (χ2n) is 5.19. The first-order chi connectivity index (χ1) is 11.5. The van der Waals surface area contributed by atoms with Gasteiger partial charge in [-0.1, -0.05) is 18.7 Å². The van der Waals surface area contributed by atoms with Gasteiger partial charge in [0, 0.05) is 29.5 Å². The number of hydrogen-bond donors (Lipinski definition) is 2. The fourth-order valence-electron chi connectivity index (χ4n) is 2.13. The van der Waals surface area contributed by atoms with Crippen LogP contribution >= 0.6 is 0 Å². The Labute approximate surface area is 141 Å². The Hall–Kier alpha value is -3.08. The fraction of sp³-hybridized carbons (Fsp3) is 0.158.